The first kappa shape index (κ1) is 25.0. The first-order valence-electron chi connectivity index (χ1n) is 6.04. The summed E-state index contributed by atoms with van der Waals surface area (Å²) in [7, 11) is 0. The summed E-state index contributed by atoms with van der Waals surface area (Å²) in [4.78, 5) is 13.6. The molecule has 128 valence electrons. The largest absolute Gasteiger partial charge is 0.394 e. The third-order valence-electron chi connectivity index (χ3n) is 1.96. The molecular formula is C12H28N2O7. The molecule has 21 heavy (non-hydrogen) atoms. The Morgan fingerprint density at radius 3 is 1.86 bits per heavy atom. The first-order valence-corrected chi connectivity index (χ1v) is 6.04. The summed E-state index contributed by atoms with van der Waals surface area (Å²) >= 11 is 0. The molecule has 0 aromatic carbocycles. The van der Waals surface area contributed by atoms with E-state index in [0.717, 1.165) is 5.71 Å². The topological polar surface area (TPSA) is 175 Å². The third kappa shape index (κ3) is 15.3. The highest BCUT2D eigenvalue weighted by molar-refractivity contribution is 5.84. The van der Waals surface area contributed by atoms with Crippen molar-refractivity contribution in [1.82, 2.24) is 6.15 Å². The van der Waals surface area contributed by atoms with Gasteiger partial charge in [-0.05, 0) is 20.8 Å². The maximum Gasteiger partial charge on any atom is 0.179 e. The summed E-state index contributed by atoms with van der Waals surface area (Å²) in [6.07, 6.45) is -0.954. The van der Waals surface area contributed by atoms with Crippen LogP contribution in [-0.4, -0.2) is 81.9 Å². The van der Waals surface area contributed by atoms with E-state index in [1.807, 2.05) is 6.92 Å². The minimum Gasteiger partial charge on any atom is -0.394 e. The molecule has 1 rings (SSSR count). The van der Waals surface area contributed by atoms with Crippen LogP contribution < -0.4 is 6.15 Å². The van der Waals surface area contributed by atoms with Crippen LogP contribution in [0.3, 0.4) is 0 Å². The molecule has 1 heterocycles. The molecule has 0 bridgehead atoms. The van der Waals surface area contributed by atoms with Gasteiger partial charge in [0.25, 0.3) is 0 Å². The van der Waals surface area contributed by atoms with Gasteiger partial charge in [0, 0.05) is 5.71 Å². The molecule has 0 aromatic rings. The number of rotatable bonds is 4. The molecule has 9 nitrogen and oxygen atoms in total. The Hall–Kier alpha value is -0.940. The number of ketones is 1. The second kappa shape index (κ2) is 14.0. The van der Waals surface area contributed by atoms with Crippen molar-refractivity contribution < 1.29 is 35.1 Å². The van der Waals surface area contributed by atoms with Gasteiger partial charge in [-0.1, -0.05) is 0 Å². The Bertz CT molecular complexity index is 295. The molecule has 1 aliphatic heterocycles. The van der Waals surface area contributed by atoms with Gasteiger partial charge in [0.15, 0.2) is 11.5 Å². The lowest BCUT2D eigenvalue weighted by molar-refractivity contribution is -0.119. The highest BCUT2D eigenvalue weighted by Crippen LogP contribution is 2.17. The van der Waals surface area contributed by atoms with E-state index in [0.29, 0.717) is 6.61 Å². The predicted octanol–water partition coefficient (Wildman–Crippen LogP) is -1.75. The van der Waals surface area contributed by atoms with Crippen LogP contribution in [0.4, 0.5) is 0 Å². The summed E-state index contributed by atoms with van der Waals surface area (Å²) in [6, 6.07) is 0. The number of aliphatic hydroxyl groups is 5. The van der Waals surface area contributed by atoms with Gasteiger partial charge >= 0.3 is 0 Å². The van der Waals surface area contributed by atoms with Gasteiger partial charge in [0.05, 0.1) is 26.4 Å². The SMILES string of the molecule is CC(=O)CO.CC1=NC(C)(CO)OC1.N.OCC(O)CO. The third-order valence-corrected chi connectivity index (χ3v) is 1.96. The maximum absolute atomic E-state index is 9.56. The fourth-order valence-electron chi connectivity index (χ4n) is 0.867. The van der Waals surface area contributed by atoms with Crippen molar-refractivity contribution in [2.24, 2.45) is 4.99 Å². The zero-order chi connectivity index (χ0) is 16.2. The van der Waals surface area contributed by atoms with Crippen LogP contribution in [0.2, 0.25) is 0 Å². The molecule has 0 radical (unpaired) electrons. The minimum absolute atomic E-state index is 0. The predicted molar refractivity (Wildman–Crippen MR) is 77.5 cm³/mol. The Balaban J connectivity index is -0.000000240. The number of aliphatic hydroxyl groups excluding tert-OH is 5. The standard InChI is InChI=1S/C6H11NO2.C3H8O3.C3H6O2.H3N/c1-5-3-9-6(2,4-8)7-5;4-1-3(6)2-5;1-3(5)2-4;/h8H,3-4H2,1-2H3;3-6H,1-2H2;4H,2H2,1H3;1H3. The van der Waals surface area contributed by atoms with E-state index >= 15 is 0 Å². The molecule has 1 aliphatic rings. The fraction of sp³-hybridized carbons (Fsp3) is 0.833. The molecular weight excluding hydrogens is 284 g/mol. The van der Waals surface area contributed by atoms with Crippen molar-refractivity contribution in [3.63, 3.8) is 0 Å². The lowest BCUT2D eigenvalue weighted by atomic mass is 10.3. The van der Waals surface area contributed by atoms with E-state index in [-0.39, 0.29) is 38.4 Å². The van der Waals surface area contributed by atoms with Gasteiger partial charge < -0.3 is 36.4 Å². The van der Waals surface area contributed by atoms with Gasteiger partial charge in [-0.3, -0.25) is 9.79 Å². The number of ether oxygens (including phenoxy) is 1. The maximum atomic E-state index is 9.56. The molecule has 1 unspecified atom stereocenters. The fourth-order valence-corrected chi connectivity index (χ4v) is 0.867. The van der Waals surface area contributed by atoms with Gasteiger partial charge in [0.2, 0.25) is 0 Å². The molecule has 0 spiro atoms. The zero-order valence-corrected chi connectivity index (χ0v) is 12.8. The van der Waals surface area contributed by atoms with Crippen LogP contribution in [0, 0.1) is 0 Å². The molecule has 0 aromatic heterocycles. The average molecular weight is 312 g/mol. The van der Waals surface area contributed by atoms with Gasteiger partial charge in [-0.15, -0.1) is 0 Å². The highest BCUT2D eigenvalue weighted by atomic mass is 16.5. The summed E-state index contributed by atoms with van der Waals surface area (Å²) in [5.41, 5.74) is 0.302. The number of aliphatic imine (C=N–C) groups is 1. The molecule has 0 saturated heterocycles. The number of hydrogen-bond donors (Lipinski definition) is 6. The Morgan fingerprint density at radius 2 is 1.76 bits per heavy atom. The van der Waals surface area contributed by atoms with Gasteiger partial charge in [0.1, 0.15) is 12.7 Å². The van der Waals surface area contributed by atoms with E-state index < -0.39 is 11.8 Å². The Morgan fingerprint density at radius 1 is 1.33 bits per heavy atom. The molecule has 0 amide bonds. The normalized spacial score (nSPS) is 19.6. The number of hydrogen-bond acceptors (Lipinski definition) is 9. The Kier molecular flexibility index (Phi) is 16.7. The monoisotopic (exact) mass is 312 g/mol. The van der Waals surface area contributed by atoms with Crippen molar-refractivity contribution in [2.45, 2.75) is 32.6 Å². The number of carbonyl (C=O) groups excluding carboxylic acids is 1. The van der Waals surface area contributed by atoms with E-state index in [1.54, 1.807) is 6.92 Å². The van der Waals surface area contributed by atoms with Crippen LogP contribution in [0.15, 0.2) is 4.99 Å². The molecule has 0 fully saturated rings. The number of Topliss-reactive ketones (excluding diaryl/α,β-unsaturated/α-hetero) is 1. The zero-order valence-electron chi connectivity index (χ0n) is 12.8. The Labute approximate surface area is 124 Å². The molecule has 1 atom stereocenters. The summed E-state index contributed by atoms with van der Waals surface area (Å²) in [6.45, 7) is 4.44. The average Bonchev–Trinajstić information content (AvgIpc) is 2.79. The van der Waals surface area contributed by atoms with Gasteiger partial charge in [-0.2, -0.15) is 0 Å². The van der Waals surface area contributed by atoms with Crippen molar-refractivity contribution in [2.75, 3.05) is 33.0 Å². The quantitative estimate of drug-likeness (QED) is 0.354. The summed E-state index contributed by atoms with van der Waals surface area (Å²) in [5, 5.41) is 40.5. The van der Waals surface area contributed by atoms with Crippen LogP contribution >= 0.6 is 0 Å². The van der Waals surface area contributed by atoms with Gasteiger partial charge in [-0.25, -0.2) is 0 Å². The minimum atomic E-state index is -0.954. The molecule has 8 N–H and O–H groups in total. The van der Waals surface area contributed by atoms with E-state index in [2.05, 4.69) is 4.99 Å². The van der Waals surface area contributed by atoms with Crippen molar-refractivity contribution >= 4 is 11.5 Å². The van der Waals surface area contributed by atoms with Crippen LogP contribution in [0.25, 0.3) is 0 Å². The van der Waals surface area contributed by atoms with Crippen LogP contribution in [-0.2, 0) is 9.53 Å². The smallest absolute Gasteiger partial charge is 0.179 e. The highest BCUT2D eigenvalue weighted by Gasteiger charge is 2.27. The van der Waals surface area contributed by atoms with E-state index in [9.17, 15) is 4.79 Å². The lowest BCUT2D eigenvalue weighted by Gasteiger charge is -2.15. The van der Waals surface area contributed by atoms with E-state index in [1.165, 1.54) is 6.92 Å². The first-order chi connectivity index (χ1) is 9.24. The number of carbonyl (C=O) groups is 1. The lowest BCUT2D eigenvalue weighted by Crippen LogP contribution is -2.26. The molecule has 0 aliphatic carbocycles. The van der Waals surface area contributed by atoms with Crippen molar-refractivity contribution in [3.05, 3.63) is 0 Å². The van der Waals surface area contributed by atoms with Crippen molar-refractivity contribution in [3.8, 4) is 0 Å². The molecule has 0 saturated carbocycles. The van der Waals surface area contributed by atoms with E-state index in [4.69, 9.17) is 30.3 Å². The van der Waals surface area contributed by atoms with Crippen LogP contribution in [0.5, 0.6) is 0 Å². The number of nitrogens with zero attached hydrogens (tertiary/aromatic N) is 1. The summed E-state index contributed by atoms with van der Waals surface area (Å²) in [5.74, 6) is -0.190. The summed E-state index contributed by atoms with van der Waals surface area (Å²) < 4.78 is 5.15. The second-order valence-corrected chi connectivity index (χ2v) is 4.35. The second-order valence-electron chi connectivity index (χ2n) is 4.35. The van der Waals surface area contributed by atoms with Crippen molar-refractivity contribution in [1.29, 1.82) is 0 Å². The van der Waals surface area contributed by atoms with Crippen LogP contribution in [0.1, 0.15) is 20.8 Å². The molecule has 9 heteroatoms.